The Kier molecular flexibility index (Phi) is 7.36. The first kappa shape index (κ1) is 22.0. The van der Waals surface area contributed by atoms with E-state index in [4.69, 9.17) is 9.72 Å². The summed E-state index contributed by atoms with van der Waals surface area (Å²) in [6, 6.07) is 10.5. The molecule has 1 aromatic heterocycles. The molecule has 1 saturated carbocycles. The highest BCUT2D eigenvalue weighted by Gasteiger charge is 2.41. The van der Waals surface area contributed by atoms with Crippen LogP contribution in [0.1, 0.15) is 62.6 Å². The Morgan fingerprint density at radius 3 is 2.81 bits per heavy atom. The Morgan fingerprint density at radius 2 is 2.06 bits per heavy atom. The molecule has 1 aliphatic heterocycles. The molecule has 0 radical (unpaired) electrons. The fourth-order valence-corrected chi connectivity index (χ4v) is 4.56. The maximum atomic E-state index is 5.80. The Hall–Kier alpha value is -2.24. The van der Waals surface area contributed by atoms with Crippen molar-refractivity contribution in [2.75, 3.05) is 32.1 Å². The normalized spacial score (nSPS) is 22.6. The topological polar surface area (TPSA) is 50.3 Å². The average molecular weight is 421 g/mol. The molecule has 31 heavy (non-hydrogen) atoms. The standard InChI is InChI=1S/C26H36N4O/c1-4-14-30(3)15-12-19(2)20-7-9-22(10-8-20)28-26-27-13-11-25(29-26)24-18-21(24)17-23-6-5-16-31-23/h7-11,13,21,23-24H,2,4-6,12,14-18H2,1,3H3,(H,27,28,29). The van der Waals surface area contributed by atoms with Gasteiger partial charge in [-0.25, -0.2) is 9.97 Å². The second-order valence-electron chi connectivity index (χ2n) is 9.14. The highest BCUT2D eigenvalue weighted by atomic mass is 16.5. The lowest BCUT2D eigenvalue weighted by Gasteiger charge is -2.16. The summed E-state index contributed by atoms with van der Waals surface area (Å²) in [6.07, 6.45) is 9.34. The minimum atomic E-state index is 0.467. The van der Waals surface area contributed by atoms with E-state index < -0.39 is 0 Å². The van der Waals surface area contributed by atoms with Crippen LogP contribution in [0, 0.1) is 5.92 Å². The monoisotopic (exact) mass is 420 g/mol. The van der Waals surface area contributed by atoms with Gasteiger partial charge < -0.3 is 15.0 Å². The minimum absolute atomic E-state index is 0.467. The average Bonchev–Trinajstić information content (AvgIpc) is 3.35. The zero-order chi connectivity index (χ0) is 21.6. The third kappa shape index (κ3) is 6.14. The molecule has 4 rings (SSSR count). The van der Waals surface area contributed by atoms with Gasteiger partial charge in [-0.1, -0.05) is 25.6 Å². The van der Waals surface area contributed by atoms with Crippen molar-refractivity contribution >= 4 is 17.2 Å². The summed E-state index contributed by atoms with van der Waals surface area (Å²) < 4.78 is 5.80. The highest BCUT2D eigenvalue weighted by molar-refractivity contribution is 5.66. The summed E-state index contributed by atoms with van der Waals surface area (Å²) in [4.78, 5) is 11.6. The quantitative estimate of drug-likeness (QED) is 0.510. The van der Waals surface area contributed by atoms with Crippen LogP contribution in [0.15, 0.2) is 43.1 Å². The molecule has 2 fully saturated rings. The summed E-state index contributed by atoms with van der Waals surface area (Å²) in [6.45, 7) is 9.60. The van der Waals surface area contributed by atoms with E-state index in [0.29, 0.717) is 23.9 Å². The molecule has 0 spiro atoms. The first-order chi connectivity index (χ1) is 15.1. The molecule has 3 unspecified atom stereocenters. The second kappa shape index (κ2) is 10.4. The molecule has 3 atom stereocenters. The van der Waals surface area contributed by atoms with E-state index in [1.165, 1.54) is 43.2 Å². The van der Waals surface area contributed by atoms with Crippen LogP contribution in [0.5, 0.6) is 0 Å². The molecule has 0 bridgehead atoms. The van der Waals surface area contributed by atoms with Crippen LogP contribution in [0.4, 0.5) is 11.6 Å². The van der Waals surface area contributed by atoms with Crippen molar-refractivity contribution in [2.45, 2.75) is 57.5 Å². The summed E-state index contributed by atoms with van der Waals surface area (Å²) in [5.74, 6) is 1.95. The molecular weight excluding hydrogens is 384 g/mol. The number of nitrogens with one attached hydrogen (secondary N) is 1. The number of hydrogen-bond donors (Lipinski definition) is 1. The van der Waals surface area contributed by atoms with Crippen LogP contribution >= 0.6 is 0 Å². The van der Waals surface area contributed by atoms with Crippen molar-refractivity contribution in [3.8, 4) is 0 Å². The van der Waals surface area contributed by atoms with Gasteiger partial charge in [-0.15, -0.1) is 0 Å². The van der Waals surface area contributed by atoms with Gasteiger partial charge in [0.15, 0.2) is 0 Å². The number of ether oxygens (including phenoxy) is 1. The zero-order valence-electron chi connectivity index (χ0n) is 19.0. The predicted molar refractivity (Wildman–Crippen MR) is 128 cm³/mol. The number of nitrogens with zero attached hydrogens (tertiary/aromatic N) is 3. The van der Waals surface area contributed by atoms with Crippen LogP contribution in [0.25, 0.3) is 5.57 Å². The molecule has 5 heteroatoms. The zero-order valence-corrected chi connectivity index (χ0v) is 19.0. The maximum absolute atomic E-state index is 5.80. The number of anilines is 2. The van der Waals surface area contributed by atoms with Gasteiger partial charge in [-0.05, 0) is 87.4 Å². The summed E-state index contributed by atoms with van der Waals surface area (Å²) in [5.41, 5.74) is 4.53. The Labute approximate surface area is 186 Å². The van der Waals surface area contributed by atoms with Crippen molar-refractivity contribution in [2.24, 2.45) is 5.92 Å². The van der Waals surface area contributed by atoms with Crippen molar-refractivity contribution in [3.05, 3.63) is 54.4 Å². The highest BCUT2D eigenvalue weighted by Crippen LogP contribution is 2.50. The molecule has 1 aliphatic carbocycles. The number of aromatic nitrogens is 2. The number of benzene rings is 1. The maximum Gasteiger partial charge on any atom is 0.227 e. The van der Waals surface area contributed by atoms with E-state index >= 15 is 0 Å². The Morgan fingerprint density at radius 1 is 1.23 bits per heavy atom. The van der Waals surface area contributed by atoms with Gasteiger partial charge in [0.05, 0.1) is 6.10 Å². The Balaban J connectivity index is 1.29. The molecule has 166 valence electrons. The van der Waals surface area contributed by atoms with Crippen molar-refractivity contribution < 1.29 is 4.74 Å². The van der Waals surface area contributed by atoms with Crippen LogP contribution in [-0.4, -0.2) is 47.7 Å². The van der Waals surface area contributed by atoms with Crippen molar-refractivity contribution in [1.82, 2.24) is 14.9 Å². The molecule has 5 nitrogen and oxygen atoms in total. The van der Waals surface area contributed by atoms with Crippen LogP contribution in [-0.2, 0) is 4.74 Å². The van der Waals surface area contributed by atoms with Gasteiger partial charge >= 0.3 is 0 Å². The first-order valence-corrected chi connectivity index (χ1v) is 11.8. The SMILES string of the molecule is C=C(CCN(C)CCC)c1ccc(Nc2nccc(C3CC3CC3CCCO3)n2)cc1. The lowest BCUT2D eigenvalue weighted by Crippen LogP contribution is -2.20. The predicted octanol–water partition coefficient (Wildman–Crippen LogP) is 5.64. The summed E-state index contributed by atoms with van der Waals surface area (Å²) in [5, 5.41) is 3.36. The van der Waals surface area contributed by atoms with Gasteiger partial charge in [0.2, 0.25) is 5.95 Å². The van der Waals surface area contributed by atoms with Crippen LogP contribution < -0.4 is 5.32 Å². The molecule has 2 aliphatic rings. The van der Waals surface area contributed by atoms with Gasteiger partial charge in [-0.2, -0.15) is 0 Å². The van der Waals surface area contributed by atoms with Gasteiger partial charge in [-0.3, -0.25) is 0 Å². The van der Waals surface area contributed by atoms with Crippen molar-refractivity contribution in [1.29, 1.82) is 0 Å². The van der Waals surface area contributed by atoms with Gasteiger partial charge in [0.1, 0.15) is 0 Å². The molecule has 1 N–H and O–H groups in total. The van der Waals surface area contributed by atoms with E-state index in [9.17, 15) is 0 Å². The van der Waals surface area contributed by atoms with Gasteiger partial charge in [0.25, 0.3) is 0 Å². The first-order valence-electron chi connectivity index (χ1n) is 11.8. The third-order valence-electron chi connectivity index (χ3n) is 6.52. The summed E-state index contributed by atoms with van der Waals surface area (Å²) in [7, 11) is 2.17. The van der Waals surface area contributed by atoms with E-state index in [1.807, 2.05) is 6.20 Å². The van der Waals surface area contributed by atoms with Crippen LogP contribution in [0.3, 0.4) is 0 Å². The Bertz CT molecular complexity index is 860. The minimum Gasteiger partial charge on any atom is -0.378 e. The van der Waals surface area contributed by atoms with E-state index in [0.717, 1.165) is 37.5 Å². The van der Waals surface area contributed by atoms with E-state index in [2.05, 4.69) is 66.1 Å². The number of hydrogen-bond acceptors (Lipinski definition) is 5. The van der Waals surface area contributed by atoms with E-state index in [-0.39, 0.29) is 0 Å². The molecule has 1 saturated heterocycles. The van der Waals surface area contributed by atoms with Crippen LogP contribution in [0.2, 0.25) is 0 Å². The fourth-order valence-electron chi connectivity index (χ4n) is 4.56. The lowest BCUT2D eigenvalue weighted by atomic mass is 10.0. The molecule has 0 amide bonds. The van der Waals surface area contributed by atoms with E-state index in [1.54, 1.807) is 0 Å². The fraction of sp³-hybridized carbons (Fsp3) is 0.538. The molecule has 1 aromatic carbocycles. The second-order valence-corrected chi connectivity index (χ2v) is 9.14. The molecule has 2 heterocycles. The lowest BCUT2D eigenvalue weighted by molar-refractivity contribution is 0.0990. The largest absolute Gasteiger partial charge is 0.378 e. The summed E-state index contributed by atoms with van der Waals surface area (Å²) >= 11 is 0. The molecule has 2 aromatic rings. The van der Waals surface area contributed by atoms with Crippen molar-refractivity contribution in [3.63, 3.8) is 0 Å². The molecular formula is C26H36N4O. The third-order valence-corrected chi connectivity index (χ3v) is 6.52. The number of rotatable bonds is 11. The smallest absolute Gasteiger partial charge is 0.227 e. The van der Waals surface area contributed by atoms with Gasteiger partial charge in [0, 0.05) is 36.6 Å².